The Balaban J connectivity index is 1.75. The highest BCUT2D eigenvalue weighted by atomic mass is 16.2. The van der Waals surface area contributed by atoms with Crippen molar-refractivity contribution in [1.82, 2.24) is 0 Å². The van der Waals surface area contributed by atoms with Crippen LogP contribution in [0.25, 0.3) is 6.08 Å². The van der Waals surface area contributed by atoms with Crippen molar-refractivity contribution >= 4 is 35.1 Å². The lowest BCUT2D eigenvalue weighted by Gasteiger charge is -2.19. The average Bonchev–Trinajstić information content (AvgIpc) is 3.06. The molecule has 2 amide bonds. The van der Waals surface area contributed by atoms with Crippen LogP contribution in [0.3, 0.4) is 0 Å². The molecule has 1 N–H and O–H groups in total. The lowest BCUT2D eigenvalue weighted by molar-refractivity contribution is -0.114. The lowest BCUT2D eigenvalue weighted by Crippen LogP contribution is -2.32. The minimum Gasteiger partial charge on any atom is -0.326 e. The second-order valence-electron chi connectivity index (χ2n) is 6.61. The number of carbonyl (C=O) groups excluding carboxylic acids is 2. The van der Waals surface area contributed by atoms with Gasteiger partial charge in [0.1, 0.15) is 11.5 Å². The standard InChI is InChI=1S/C24H19N3O2/c1-17(28)25-20-12-14-21(15-13-20)27-23(19-10-6-3-7-11-19)26-22(24(27)29)16-18-8-4-2-5-9-18/h2-16H,1H3,(H,25,28). The maximum absolute atomic E-state index is 13.2. The van der Waals surface area contributed by atoms with E-state index in [1.54, 1.807) is 35.2 Å². The number of amidine groups is 1. The summed E-state index contributed by atoms with van der Waals surface area (Å²) in [6.07, 6.45) is 1.79. The molecule has 1 aliphatic heterocycles. The molecular weight excluding hydrogens is 362 g/mol. The Morgan fingerprint density at radius 1 is 0.897 bits per heavy atom. The number of amides is 2. The van der Waals surface area contributed by atoms with Gasteiger partial charge in [-0.3, -0.25) is 14.5 Å². The van der Waals surface area contributed by atoms with Crippen LogP contribution in [-0.4, -0.2) is 17.6 Å². The Morgan fingerprint density at radius 2 is 1.52 bits per heavy atom. The van der Waals surface area contributed by atoms with Crippen molar-refractivity contribution in [2.45, 2.75) is 6.92 Å². The molecule has 0 unspecified atom stereocenters. The van der Waals surface area contributed by atoms with Crippen LogP contribution in [-0.2, 0) is 9.59 Å². The molecule has 0 aromatic heterocycles. The number of nitrogens with one attached hydrogen (secondary N) is 1. The van der Waals surface area contributed by atoms with E-state index >= 15 is 0 Å². The van der Waals surface area contributed by atoms with Crippen LogP contribution in [0.4, 0.5) is 11.4 Å². The predicted molar refractivity (Wildman–Crippen MR) is 116 cm³/mol. The maximum atomic E-state index is 13.2. The number of anilines is 2. The van der Waals surface area contributed by atoms with Crippen molar-refractivity contribution in [2.24, 2.45) is 4.99 Å². The Hall–Kier alpha value is -3.99. The van der Waals surface area contributed by atoms with Gasteiger partial charge >= 0.3 is 0 Å². The molecule has 0 atom stereocenters. The van der Waals surface area contributed by atoms with Gasteiger partial charge in [-0.2, -0.15) is 0 Å². The second kappa shape index (κ2) is 7.94. The van der Waals surface area contributed by atoms with Gasteiger partial charge in [-0.1, -0.05) is 60.7 Å². The predicted octanol–water partition coefficient (Wildman–Crippen LogP) is 4.48. The number of benzene rings is 3. The van der Waals surface area contributed by atoms with Gasteiger partial charge in [-0.25, -0.2) is 4.99 Å². The van der Waals surface area contributed by atoms with E-state index in [1.807, 2.05) is 60.7 Å². The van der Waals surface area contributed by atoms with Gasteiger partial charge in [-0.15, -0.1) is 0 Å². The summed E-state index contributed by atoms with van der Waals surface area (Å²) in [6, 6.07) is 26.4. The SMILES string of the molecule is CC(=O)Nc1ccc(N2C(=O)C(=Cc3ccccc3)N=C2c2ccccc2)cc1. The molecule has 0 radical (unpaired) electrons. The van der Waals surface area contributed by atoms with E-state index < -0.39 is 0 Å². The Morgan fingerprint density at radius 3 is 2.14 bits per heavy atom. The molecule has 3 aromatic carbocycles. The van der Waals surface area contributed by atoms with Crippen LogP contribution < -0.4 is 10.2 Å². The van der Waals surface area contributed by atoms with E-state index in [9.17, 15) is 9.59 Å². The minimum atomic E-state index is -0.194. The summed E-state index contributed by atoms with van der Waals surface area (Å²) >= 11 is 0. The second-order valence-corrected chi connectivity index (χ2v) is 6.61. The number of nitrogens with zero attached hydrogens (tertiary/aromatic N) is 2. The Kier molecular flexibility index (Phi) is 5.03. The molecule has 0 saturated heterocycles. The third kappa shape index (κ3) is 3.99. The van der Waals surface area contributed by atoms with Gasteiger partial charge in [0.05, 0.1) is 5.69 Å². The van der Waals surface area contributed by atoms with Gasteiger partial charge in [0.2, 0.25) is 5.91 Å². The summed E-state index contributed by atoms with van der Waals surface area (Å²) in [4.78, 5) is 30.7. The van der Waals surface area contributed by atoms with Crippen molar-refractivity contribution in [3.8, 4) is 0 Å². The van der Waals surface area contributed by atoms with Crippen LogP contribution in [0.15, 0.2) is 95.6 Å². The average molecular weight is 381 g/mol. The molecule has 142 valence electrons. The first-order valence-electron chi connectivity index (χ1n) is 9.25. The first-order chi connectivity index (χ1) is 14.1. The monoisotopic (exact) mass is 381 g/mol. The quantitative estimate of drug-likeness (QED) is 0.678. The van der Waals surface area contributed by atoms with Crippen molar-refractivity contribution in [3.05, 3.63) is 102 Å². The number of aliphatic imine (C=N–C) groups is 1. The molecule has 29 heavy (non-hydrogen) atoms. The number of carbonyl (C=O) groups is 2. The number of hydrogen-bond donors (Lipinski definition) is 1. The van der Waals surface area contributed by atoms with Crippen molar-refractivity contribution in [1.29, 1.82) is 0 Å². The Bertz CT molecular complexity index is 1100. The van der Waals surface area contributed by atoms with Gasteiger partial charge in [0.25, 0.3) is 5.91 Å². The number of rotatable bonds is 4. The van der Waals surface area contributed by atoms with E-state index in [4.69, 9.17) is 0 Å². The summed E-state index contributed by atoms with van der Waals surface area (Å²) in [6.45, 7) is 1.46. The van der Waals surface area contributed by atoms with Crippen LogP contribution in [0, 0.1) is 0 Å². The molecule has 1 aliphatic rings. The van der Waals surface area contributed by atoms with E-state index in [1.165, 1.54) is 6.92 Å². The lowest BCUT2D eigenvalue weighted by atomic mass is 10.1. The summed E-state index contributed by atoms with van der Waals surface area (Å²) in [5, 5.41) is 2.73. The summed E-state index contributed by atoms with van der Waals surface area (Å²) in [5.74, 6) is 0.236. The van der Waals surface area contributed by atoms with Crippen molar-refractivity contribution in [3.63, 3.8) is 0 Å². The maximum Gasteiger partial charge on any atom is 0.282 e. The molecule has 4 rings (SSSR count). The smallest absolute Gasteiger partial charge is 0.282 e. The summed E-state index contributed by atoms with van der Waals surface area (Å²) < 4.78 is 0. The zero-order valence-corrected chi connectivity index (χ0v) is 15.9. The fourth-order valence-corrected chi connectivity index (χ4v) is 3.14. The Labute approximate surface area is 169 Å². The van der Waals surface area contributed by atoms with Gasteiger partial charge in [0, 0.05) is 18.2 Å². The molecular formula is C24H19N3O2. The van der Waals surface area contributed by atoms with E-state index in [2.05, 4.69) is 10.3 Å². The fraction of sp³-hybridized carbons (Fsp3) is 0.0417. The minimum absolute atomic E-state index is 0.144. The molecule has 0 aliphatic carbocycles. The summed E-state index contributed by atoms with van der Waals surface area (Å²) in [5.41, 5.74) is 3.49. The van der Waals surface area contributed by atoms with Crippen LogP contribution in [0.2, 0.25) is 0 Å². The largest absolute Gasteiger partial charge is 0.326 e. The third-order valence-corrected chi connectivity index (χ3v) is 4.44. The van der Waals surface area contributed by atoms with E-state index in [-0.39, 0.29) is 11.8 Å². The fourth-order valence-electron chi connectivity index (χ4n) is 3.14. The molecule has 0 bridgehead atoms. The van der Waals surface area contributed by atoms with Gasteiger partial charge in [0.15, 0.2) is 0 Å². The van der Waals surface area contributed by atoms with Crippen molar-refractivity contribution in [2.75, 3.05) is 10.2 Å². The molecule has 0 spiro atoms. The zero-order valence-electron chi connectivity index (χ0n) is 15.9. The van der Waals surface area contributed by atoms with Gasteiger partial charge < -0.3 is 5.32 Å². The van der Waals surface area contributed by atoms with Crippen LogP contribution >= 0.6 is 0 Å². The number of hydrogen-bond acceptors (Lipinski definition) is 3. The first kappa shape index (κ1) is 18.4. The first-order valence-corrected chi connectivity index (χ1v) is 9.25. The van der Waals surface area contributed by atoms with E-state index in [0.717, 1.165) is 11.1 Å². The zero-order chi connectivity index (χ0) is 20.2. The molecule has 1 heterocycles. The highest BCUT2D eigenvalue weighted by Gasteiger charge is 2.32. The van der Waals surface area contributed by atoms with Crippen LogP contribution in [0.5, 0.6) is 0 Å². The van der Waals surface area contributed by atoms with Crippen molar-refractivity contribution < 1.29 is 9.59 Å². The molecule has 5 heteroatoms. The molecule has 3 aromatic rings. The highest BCUT2D eigenvalue weighted by Crippen LogP contribution is 2.28. The molecule has 5 nitrogen and oxygen atoms in total. The van der Waals surface area contributed by atoms with Crippen LogP contribution in [0.1, 0.15) is 18.1 Å². The molecule has 0 fully saturated rings. The van der Waals surface area contributed by atoms with Gasteiger partial charge in [-0.05, 0) is 35.9 Å². The highest BCUT2D eigenvalue weighted by molar-refractivity contribution is 6.33. The summed E-state index contributed by atoms with van der Waals surface area (Å²) in [7, 11) is 0. The molecule has 0 saturated carbocycles. The van der Waals surface area contributed by atoms with E-state index in [0.29, 0.717) is 22.9 Å². The third-order valence-electron chi connectivity index (χ3n) is 4.44. The topological polar surface area (TPSA) is 61.8 Å². The normalized spacial score (nSPS) is 14.8.